The molecule has 0 aromatic heterocycles. The van der Waals surface area contributed by atoms with E-state index >= 15 is 0 Å². The summed E-state index contributed by atoms with van der Waals surface area (Å²) in [5.74, 6) is -0.709. The molecule has 5 nitrogen and oxygen atoms in total. The third-order valence-electron chi connectivity index (χ3n) is 3.77. The molecule has 0 aliphatic carbocycles. The number of carbonyl (C=O) groups is 1. The van der Waals surface area contributed by atoms with E-state index in [0.29, 0.717) is 0 Å². The molecule has 1 N–H and O–H groups in total. The Morgan fingerprint density at radius 2 is 2.06 bits per heavy atom. The van der Waals surface area contributed by atoms with Gasteiger partial charge in [-0.15, -0.1) is 0 Å². The minimum Gasteiger partial charge on any atom is -0.481 e. The molecule has 1 unspecified atom stereocenters. The van der Waals surface area contributed by atoms with Gasteiger partial charge in [0.15, 0.2) is 0 Å². The van der Waals surface area contributed by atoms with Crippen LogP contribution < -0.4 is 0 Å². The largest absolute Gasteiger partial charge is 0.481 e. The van der Waals surface area contributed by atoms with Crippen molar-refractivity contribution < 1.29 is 9.90 Å². The minimum absolute atomic E-state index is 0.111. The third kappa shape index (κ3) is 4.23. The molecule has 1 atom stereocenters. The summed E-state index contributed by atoms with van der Waals surface area (Å²) in [5, 5.41) is 8.96. The molecule has 0 aromatic rings. The number of aliphatic carboxylic acids is 1. The van der Waals surface area contributed by atoms with Gasteiger partial charge in [-0.2, -0.15) is 0 Å². The van der Waals surface area contributed by atoms with Crippen LogP contribution in [-0.4, -0.2) is 84.7 Å². The molecule has 1 aliphatic heterocycles. The highest BCUT2D eigenvalue weighted by Crippen LogP contribution is 2.24. The zero-order valence-electron chi connectivity index (χ0n) is 12.3. The Morgan fingerprint density at radius 1 is 1.44 bits per heavy atom. The second kappa shape index (κ2) is 5.99. The average molecular weight is 257 g/mol. The van der Waals surface area contributed by atoms with Crippen LogP contribution >= 0.6 is 0 Å². The molecule has 1 rings (SSSR count). The molecule has 0 aromatic carbocycles. The number of nitrogens with zero attached hydrogens (tertiary/aromatic N) is 3. The molecule has 18 heavy (non-hydrogen) atoms. The van der Waals surface area contributed by atoms with Crippen LogP contribution in [0.5, 0.6) is 0 Å². The Bertz CT molecular complexity index is 292. The Kier molecular flexibility index (Phi) is 5.13. The zero-order chi connectivity index (χ0) is 13.9. The van der Waals surface area contributed by atoms with Crippen LogP contribution in [0.15, 0.2) is 0 Å². The summed E-state index contributed by atoms with van der Waals surface area (Å²) in [6, 6.07) is 0.123. The van der Waals surface area contributed by atoms with Crippen molar-refractivity contribution in [3.63, 3.8) is 0 Å². The molecule has 0 bridgehead atoms. The van der Waals surface area contributed by atoms with E-state index in [9.17, 15) is 4.79 Å². The first-order valence-electron chi connectivity index (χ1n) is 6.54. The first-order chi connectivity index (χ1) is 8.22. The number of carboxylic acids is 1. The highest BCUT2D eigenvalue weighted by Gasteiger charge is 2.37. The number of hydrogen-bond donors (Lipinski definition) is 1. The van der Waals surface area contributed by atoms with Crippen LogP contribution in [0.25, 0.3) is 0 Å². The molecule has 0 radical (unpaired) electrons. The zero-order valence-corrected chi connectivity index (χ0v) is 12.3. The molecule has 0 spiro atoms. The maximum absolute atomic E-state index is 10.9. The van der Waals surface area contributed by atoms with E-state index in [-0.39, 0.29) is 18.0 Å². The van der Waals surface area contributed by atoms with Gasteiger partial charge >= 0.3 is 5.97 Å². The van der Waals surface area contributed by atoms with E-state index in [2.05, 4.69) is 42.6 Å². The molecule has 1 fully saturated rings. The number of rotatable bonds is 5. The minimum atomic E-state index is -0.709. The van der Waals surface area contributed by atoms with Crippen molar-refractivity contribution in [2.75, 3.05) is 47.3 Å². The van der Waals surface area contributed by atoms with Crippen LogP contribution in [0, 0.1) is 0 Å². The van der Waals surface area contributed by atoms with Gasteiger partial charge in [-0.1, -0.05) is 0 Å². The predicted octanol–water partition coefficient (Wildman–Crippen LogP) is 0.417. The molecule has 106 valence electrons. The normalized spacial score (nSPS) is 25.6. The SMILES string of the molecule is CN(C)CCN1CC(CC(=O)O)N(C)CC1(C)C. The predicted molar refractivity (Wildman–Crippen MR) is 72.9 cm³/mol. The van der Waals surface area contributed by atoms with Gasteiger partial charge in [0.05, 0.1) is 6.42 Å². The van der Waals surface area contributed by atoms with E-state index in [1.54, 1.807) is 0 Å². The molecule has 0 saturated carbocycles. The summed E-state index contributed by atoms with van der Waals surface area (Å²) in [6.45, 7) is 8.21. The van der Waals surface area contributed by atoms with Gasteiger partial charge < -0.3 is 10.0 Å². The lowest BCUT2D eigenvalue weighted by Gasteiger charge is -2.50. The molecular formula is C13H27N3O2. The standard InChI is InChI=1S/C13H27N3O2/c1-13(2)10-15(5)11(8-12(17)18)9-16(13)7-6-14(3)4/h11H,6-10H2,1-5H3,(H,17,18). The van der Waals surface area contributed by atoms with Crippen molar-refractivity contribution in [1.29, 1.82) is 0 Å². The molecule has 1 aliphatic rings. The van der Waals surface area contributed by atoms with Crippen LogP contribution in [-0.2, 0) is 4.79 Å². The number of hydrogen-bond acceptors (Lipinski definition) is 4. The van der Waals surface area contributed by atoms with E-state index in [1.165, 1.54) is 0 Å². The van der Waals surface area contributed by atoms with E-state index in [4.69, 9.17) is 5.11 Å². The first kappa shape index (κ1) is 15.4. The quantitative estimate of drug-likeness (QED) is 0.773. The molecule has 1 saturated heterocycles. The van der Waals surface area contributed by atoms with Crippen molar-refractivity contribution in [3.05, 3.63) is 0 Å². The molecule has 1 heterocycles. The van der Waals surface area contributed by atoms with Gasteiger partial charge in [0.2, 0.25) is 0 Å². The second-order valence-corrected chi connectivity index (χ2v) is 6.23. The number of likely N-dealkylation sites (N-methyl/N-ethyl adjacent to an activating group) is 2. The van der Waals surface area contributed by atoms with Crippen LogP contribution in [0.1, 0.15) is 20.3 Å². The third-order valence-corrected chi connectivity index (χ3v) is 3.77. The van der Waals surface area contributed by atoms with Gasteiger partial charge in [0, 0.05) is 37.8 Å². The number of carboxylic acid groups (broad SMARTS) is 1. The van der Waals surface area contributed by atoms with E-state index < -0.39 is 5.97 Å². The van der Waals surface area contributed by atoms with Crippen LogP contribution in [0.3, 0.4) is 0 Å². The lowest BCUT2D eigenvalue weighted by atomic mass is 9.94. The summed E-state index contributed by atoms with van der Waals surface area (Å²) in [6.07, 6.45) is 0.227. The Balaban J connectivity index is 2.65. The summed E-state index contributed by atoms with van der Waals surface area (Å²) in [7, 11) is 6.16. The van der Waals surface area contributed by atoms with Gasteiger partial charge in [0.1, 0.15) is 0 Å². The van der Waals surface area contributed by atoms with Crippen LogP contribution in [0.4, 0.5) is 0 Å². The first-order valence-corrected chi connectivity index (χ1v) is 6.54. The van der Waals surface area contributed by atoms with Gasteiger partial charge in [-0.05, 0) is 35.0 Å². The van der Waals surface area contributed by atoms with Crippen molar-refractivity contribution in [3.8, 4) is 0 Å². The number of piperazine rings is 1. The highest BCUT2D eigenvalue weighted by molar-refractivity contribution is 5.67. The van der Waals surface area contributed by atoms with Gasteiger partial charge in [-0.3, -0.25) is 14.6 Å². The maximum atomic E-state index is 10.9. The van der Waals surface area contributed by atoms with Gasteiger partial charge in [-0.25, -0.2) is 0 Å². The molecular weight excluding hydrogens is 230 g/mol. The lowest BCUT2D eigenvalue weighted by molar-refractivity contribution is -0.139. The summed E-state index contributed by atoms with van der Waals surface area (Å²) in [4.78, 5) is 17.7. The topological polar surface area (TPSA) is 47.0 Å². The summed E-state index contributed by atoms with van der Waals surface area (Å²) in [5.41, 5.74) is 0.111. The monoisotopic (exact) mass is 257 g/mol. The average Bonchev–Trinajstić information content (AvgIpc) is 2.18. The molecule has 0 amide bonds. The van der Waals surface area contributed by atoms with Crippen molar-refractivity contribution >= 4 is 5.97 Å². The van der Waals surface area contributed by atoms with Crippen LogP contribution in [0.2, 0.25) is 0 Å². The fourth-order valence-corrected chi connectivity index (χ4v) is 2.62. The Morgan fingerprint density at radius 3 is 2.56 bits per heavy atom. The van der Waals surface area contributed by atoms with Crippen molar-refractivity contribution in [1.82, 2.24) is 14.7 Å². The lowest BCUT2D eigenvalue weighted by Crippen LogP contribution is -2.63. The summed E-state index contributed by atoms with van der Waals surface area (Å²) < 4.78 is 0. The summed E-state index contributed by atoms with van der Waals surface area (Å²) >= 11 is 0. The van der Waals surface area contributed by atoms with Crippen molar-refractivity contribution in [2.45, 2.75) is 31.8 Å². The van der Waals surface area contributed by atoms with E-state index in [0.717, 1.165) is 26.2 Å². The Labute approximate surface area is 110 Å². The van der Waals surface area contributed by atoms with Crippen molar-refractivity contribution in [2.24, 2.45) is 0 Å². The smallest absolute Gasteiger partial charge is 0.304 e. The van der Waals surface area contributed by atoms with Gasteiger partial charge in [0.25, 0.3) is 0 Å². The highest BCUT2D eigenvalue weighted by atomic mass is 16.4. The second-order valence-electron chi connectivity index (χ2n) is 6.23. The maximum Gasteiger partial charge on any atom is 0.304 e. The van der Waals surface area contributed by atoms with E-state index in [1.807, 2.05) is 7.05 Å². The fraction of sp³-hybridized carbons (Fsp3) is 0.923. The molecule has 5 heteroatoms. The Hall–Kier alpha value is -0.650. The fourth-order valence-electron chi connectivity index (χ4n) is 2.62.